The summed E-state index contributed by atoms with van der Waals surface area (Å²) in [5.41, 5.74) is 3.89. The lowest BCUT2D eigenvalue weighted by molar-refractivity contribution is -0.111. The van der Waals surface area contributed by atoms with E-state index in [1.807, 2.05) is 66.7 Å². The fourth-order valence-electron chi connectivity index (χ4n) is 2.89. The van der Waals surface area contributed by atoms with Crippen LogP contribution >= 0.6 is 15.9 Å². The number of halogens is 1. The zero-order chi connectivity index (χ0) is 21.3. The molecule has 4 nitrogen and oxygen atoms in total. The van der Waals surface area contributed by atoms with Gasteiger partial charge in [0, 0.05) is 11.8 Å². The molecule has 0 heterocycles. The Hall–Kier alpha value is -3.05. The van der Waals surface area contributed by atoms with Gasteiger partial charge >= 0.3 is 0 Å². The Labute approximate surface area is 185 Å². The van der Waals surface area contributed by atoms with E-state index < -0.39 is 0 Å². The van der Waals surface area contributed by atoms with Gasteiger partial charge in [-0.25, -0.2) is 0 Å². The summed E-state index contributed by atoms with van der Waals surface area (Å²) in [4.78, 5) is 12.2. The minimum atomic E-state index is -0.196. The van der Waals surface area contributed by atoms with Crippen molar-refractivity contribution in [3.8, 4) is 11.5 Å². The molecule has 0 unspecified atom stereocenters. The van der Waals surface area contributed by atoms with E-state index >= 15 is 0 Å². The average Bonchev–Trinajstić information content (AvgIpc) is 2.77. The molecule has 154 valence electrons. The first kappa shape index (κ1) is 21.7. The van der Waals surface area contributed by atoms with Crippen molar-refractivity contribution in [1.82, 2.24) is 0 Å². The predicted molar refractivity (Wildman–Crippen MR) is 125 cm³/mol. The maximum atomic E-state index is 12.2. The Bertz CT molecular complexity index is 1010. The molecule has 0 saturated carbocycles. The fourth-order valence-corrected chi connectivity index (χ4v) is 3.46. The molecule has 3 aromatic carbocycles. The molecule has 3 aromatic rings. The molecule has 1 amide bonds. The maximum Gasteiger partial charge on any atom is 0.248 e. The number of carbonyl (C=O) groups excluding carboxylic acids is 1. The number of amides is 1. The van der Waals surface area contributed by atoms with Gasteiger partial charge in [-0.15, -0.1) is 0 Å². The number of hydrogen-bond acceptors (Lipinski definition) is 3. The van der Waals surface area contributed by atoms with Gasteiger partial charge in [0.25, 0.3) is 0 Å². The van der Waals surface area contributed by atoms with Gasteiger partial charge in [-0.05, 0) is 69.4 Å². The summed E-state index contributed by atoms with van der Waals surface area (Å²) in [7, 11) is 1.59. The van der Waals surface area contributed by atoms with Crippen molar-refractivity contribution in [3.05, 3.63) is 94.0 Å². The topological polar surface area (TPSA) is 47.6 Å². The molecule has 0 fully saturated rings. The second-order valence-electron chi connectivity index (χ2n) is 6.68. The Morgan fingerprint density at radius 2 is 1.77 bits per heavy atom. The van der Waals surface area contributed by atoms with Crippen molar-refractivity contribution < 1.29 is 14.3 Å². The summed E-state index contributed by atoms with van der Waals surface area (Å²) in [5, 5.41) is 2.86. The fraction of sp³-hybridized carbons (Fsp3) is 0.160. The molecule has 0 aliphatic heterocycles. The molecule has 0 atom stereocenters. The first-order chi connectivity index (χ1) is 14.6. The second-order valence-corrected chi connectivity index (χ2v) is 7.54. The highest BCUT2D eigenvalue weighted by molar-refractivity contribution is 9.10. The third-order valence-electron chi connectivity index (χ3n) is 4.53. The summed E-state index contributed by atoms with van der Waals surface area (Å²) in [6.45, 7) is 2.53. The van der Waals surface area contributed by atoms with Crippen LogP contribution in [0.5, 0.6) is 11.5 Å². The van der Waals surface area contributed by atoms with Crippen molar-refractivity contribution in [2.45, 2.75) is 20.0 Å². The Morgan fingerprint density at radius 3 is 2.43 bits per heavy atom. The highest BCUT2D eigenvalue weighted by Gasteiger charge is 2.11. The molecule has 1 N–H and O–H groups in total. The van der Waals surface area contributed by atoms with Crippen molar-refractivity contribution >= 4 is 33.6 Å². The van der Waals surface area contributed by atoms with Gasteiger partial charge < -0.3 is 14.8 Å². The highest BCUT2D eigenvalue weighted by Crippen LogP contribution is 2.37. The molecular weight excluding hydrogens is 442 g/mol. The zero-order valence-corrected chi connectivity index (χ0v) is 18.6. The largest absolute Gasteiger partial charge is 0.493 e. The van der Waals surface area contributed by atoms with Crippen LogP contribution in [0.3, 0.4) is 0 Å². The molecule has 0 aliphatic carbocycles. The van der Waals surface area contributed by atoms with Crippen molar-refractivity contribution in [1.29, 1.82) is 0 Å². The molecule has 0 bridgehead atoms. The first-order valence-corrected chi connectivity index (χ1v) is 10.5. The average molecular weight is 466 g/mol. The van der Waals surface area contributed by atoms with Gasteiger partial charge in [-0.3, -0.25) is 4.79 Å². The quantitative estimate of drug-likeness (QED) is 0.399. The van der Waals surface area contributed by atoms with E-state index in [-0.39, 0.29) is 5.91 Å². The van der Waals surface area contributed by atoms with Gasteiger partial charge in [-0.2, -0.15) is 0 Å². The van der Waals surface area contributed by atoms with Crippen LogP contribution in [-0.4, -0.2) is 13.0 Å². The van der Waals surface area contributed by atoms with E-state index in [9.17, 15) is 4.79 Å². The number of benzene rings is 3. The molecule has 5 heteroatoms. The van der Waals surface area contributed by atoms with E-state index in [0.717, 1.165) is 27.7 Å². The lowest BCUT2D eigenvalue weighted by Crippen LogP contribution is -2.07. The van der Waals surface area contributed by atoms with Gasteiger partial charge in [-0.1, -0.05) is 49.4 Å². The highest BCUT2D eigenvalue weighted by atomic mass is 79.9. The van der Waals surface area contributed by atoms with Crippen LogP contribution in [-0.2, 0) is 17.8 Å². The number of rotatable bonds is 8. The number of carbonyl (C=O) groups is 1. The Balaban J connectivity index is 1.68. The summed E-state index contributed by atoms with van der Waals surface area (Å²) < 4.78 is 12.2. The van der Waals surface area contributed by atoms with Crippen molar-refractivity contribution in [3.63, 3.8) is 0 Å². The summed E-state index contributed by atoms with van der Waals surface area (Å²) in [5.74, 6) is 1.02. The van der Waals surface area contributed by atoms with E-state index in [1.54, 1.807) is 13.2 Å². The third kappa shape index (κ3) is 5.97. The number of aryl methyl sites for hydroxylation is 1. The van der Waals surface area contributed by atoms with E-state index in [4.69, 9.17) is 9.47 Å². The standard InChI is InChI=1S/C25H24BrNO3/c1-3-18-9-12-21(13-10-18)27-24(28)14-11-20-15-22(26)25(23(16-20)29-2)30-17-19-7-5-4-6-8-19/h4-16H,3,17H2,1-2H3,(H,27,28)/b14-11+. The summed E-state index contributed by atoms with van der Waals surface area (Å²) >= 11 is 3.55. The van der Waals surface area contributed by atoms with Crippen molar-refractivity contribution in [2.75, 3.05) is 12.4 Å². The van der Waals surface area contributed by atoms with E-state index in [2.05, 4.69) is 28.2 Å². The molecule has 0 saturated heterocycles. The normalized spacial score (nSPS) is 10.8. The molecule has 0 aromatic heterocycles. The van der Waals surface area contributed by atoms with Crippen LogP contribution in [0.2, 0.25) is 0 Å². The van der Waals surface area contributed by atoms with E-state index in [1.165, 1.54) is 11.6 Å². The Kier molecular flexibility index (Phi) is 7.69. The first-order valence-electron chi connectivity index (χ1n) is 9.71. The zero-order valence-electron chi connectivity index (χ0n) is 17.0. The summed E-state index contributed by atoms with van der Waals surface area (Å²) in [6, 6.07) is 21.5. The van der Waals surface area contributed by atoms with Gasteiger partial charge in [0.05, 0.1) is 11.6 Å². The van der Waals surface area contributed by atoms with Crippen LogP contribution in [0, 0.1) is 0 Å². The lowest BCUT2D eigenvalue weighted by Gasteiger charge is -2.13. The van der Waals surface area contributed by atoms with E-state index in [0.29, 0.717) is 18.1 Å². The van der Waals surface area contributed by atoms with Gasteiger partial charge in [0.15, 0.2) is 11.5 Å². The molecule has 0 spiro atoms. The van der Waals surface area contributed by atoms with Crippen LogP contribution < -0.4 is 14.8 Å². The Morgan fingerprint density at radius 1 is 1.03 bits per heavy atom. The predicted octanol–water partition coefficient (Wildman–Crippen LogP) is 6.25. The molecule has 0 radical (unpaired) electrons. The molecular formula is C25H24BrNO3. The number of anilines is 1. The number of methoxy groups -OCH3 is 1. The van der Waals surface area contributed by atoms with Crippen molar-refractivity contribution in [2.24, 2.45) is 0 Å². The number of hydrogen-bond donors (Lipinski definition) is 1. The van der Waals surface area contributed by atoms with Gasteiger partial charge in [0.1, 0.15) is 6.61 Å². The smallest absolute Gasteiger partial charge is 0.248 e. The van der Waals surface area contributed by atoms with Gasteiger partial charge in [0.2, 0.25) is 5.91 Å². The molecule has 0 aliphatic rings. The monoisotopic (exact) mass is 465 g/mol. The van der Waals surface area contributed by atoms with Crippen LogP contribution in [0.25, 0.3) is 6.08 Å². The van der Waals surface area contributed by atoms with Crippen LogP contribution in [0.1, 0.15) is 23.6 Å². The van der Waals surface area contributed by atoms with Crippen LogP contribution in [0.4, 0.5) is 5.69 Å². The SMILES string of the molecule is CCc1ccc(NC(=O)/C=C/c2cc(Br)c(OCc3ccccc3)c(OC)c2)cc1. The van der Waals surface area contributed by atoms with Crippen LogP contribution in [0.15, 0.2) is 77.3 Å². The third-order valence-corrected chi connectivity index (χ3v) is 5.12. The summed E-state index contributed by atoms with van der Waals surface area (Å²) in [6.07, 6.45) is 4.21. The number of ether oxygens (including phenoxy) is 2. The number of nitrogens with one attached hydrogen (secondary N) is 1. The second kappa shape index (κ2) is 10.6. The maximum absolute atomic E-state index is 12.2. The minimum Gasteiger partial charge on any atom is -0.493 e. The minimum absolute atomic E-state index is 0.196. The lowest BCUT2D eigenvalue weighted by atomic mass is 10.1. The molecule has 3 rings (SSSR count). The molecule has 30 heavy (non-hydrogen) atoms.